The lowest BCUT2D eigenvalue weighted by molar-refractivity contribution is 1.22. The first-order valence-electron chi connectivity index (χ1n) is 8.41. The molecule has 5 heterocycles. The molecular formula is C22H16N4. The molecule has 4 heteroatoms. The second-order valence-electron chi connectivity index (χ2n) is 6.35. The van der Waals surface area contributed by atoms with Gasteiger partial charge in [-0.05, 0) is 66.8 Å². The van der Waals surface area contributed by atoms with Crippen molar-refractivity contribution in [2.75, 3.05) is 0 Å². The summed E-state index contributed by atoms with van der Waals surface area (Å²) in [5.41, 5.74) is 4.79. The van der Waals surface area contributed by atoms with Crippen LogP contribution in [0.25, 0.3) is 23.8 Å². The standard InChI is InChI=1S/C22H16N4/c1-2-20-21-9-7-18(25-21)12-16-5-3-14(23-16)11-15-4-6-17(24-15)13-19-8-10-22(20)26-19/h1,3-13,23-26H. The Morgan fingerprint density at radius 3 is 1.85 bits per heavy atom. The zero-order chi connectivity index (χ0) is 17.5. The number of aromatic amines is 4. The van der Waals surface area contributed by atoms with E-state index in [1.165, 1.54) is 0 Å². The highest BCUT2D eigenvalue weighted by atomic mass is 14.8. The van der Waals surface area contributed by atoms with Crippen LogP contribution in [0.4, 0.5) is 0 Å². The molecule has 1 aliphatic rings. The predicted molar refractivity (Wildman–Crippen MR) is 104 cm³/mol. The molecule has 0 radical (unpaired) electrons. The van der Waals surface area contributed by atoms with Crippen LogP contribution in [0.1, 0.15) is 22.8 Å². The molecule has 0 unspecified atom stereocenters. The largest absolute Gasteiger partial charge is 0.355 e. The molecule has 0 atom stereocenters. The Hall–Kier alpha value is -3.84. The zero-order valence-corrected chi connectivity index (χ0v) is 13.9. The summed E-state index contributed by atoms with van der Waals surface area (Å²) in [5, 5.41) is 3.98. The maximum absolute atomic E-state index is 5.79. The molecule has 4 aromatic heterocycles. The Kier molecular flexibility index (Phi) is 3.13. The van der Waals surface area contributed by atoms with Gasteiger partial charge in [-0.3, -0.25) is 0 Å². The third kappa shape index (κ3) is 2.52. The second kappa shape index (κ2) is 5.61. The quantitative estimate of drug-likeness (QED) is 0.341. The van der Waals surface area contributed by atoms with E-state index >= 15 is 0 Å². The summed E-state index contributed by atoms with van der Waals surface area (Å²) in [5.74, 6) is 2.80. The van der Waals surface area contributed by atoms with Gasteiger partial charge in [0, 0.05) is 33.1 Å². The van der Waals surface area contributed by atoms with Gasteiger partial charge in [-0.15, -0.1) is 6.42 Å². The molecule has 0 spiro atoms. The van der Waals surface area contributed by atoms with Gasteiger partial charge in [-0.25, -0.2) is 0 Å². The van der Waals surface area contributed by atoms with E-state index in [1.807, 2.05) is 24.3 Å². The molecule has 8 bridgehead atoms. The Bertz CT molecular complexity index is 1390. The van der Waals surface area contributed by atoms with E-state index in [-0.39, 0.29) is 0 Å². The highest BCUT2D eigenvalue weighted by Gasteiger charge is 2.04. The van der Waals surface area contributed by atoms with Crippen LogP contribution in [0, 0.1) is 12.3 Å². The van der Waals surface area contributed by atoms with Crippen LogP contribution in [-0.4, -0.2) is 19.9 Å². The Labute approximate surface area is 149 Å². The Morgan fingerprint density at radius 1 is 0.577 bits per heavy atom. The maximum atomic E-state index is 5.79. The summed E-state index contributed by atoms with van der Waals surface area (Å²) in [6.45, 7) is 0. The number of hydrogen-bond acceptors (Lipinski definition) is 0. The summed E-state index contributed by atoms with van der Waals surface area (Å²) >= 11 is 0. The van der Waals surface area contributed by atoms with Crippen molar-refractivity contribution in [1.29, 1.82) is 0 Å². The van der Waals surface area contributed by atoms with Gasteiger partial charge in [0.15, 0.2) is 0 Å². The molecule has 0 saturated heterocycles. The van der Waals surface area contributed by atoms with E-state index in [2.05, 4.69) is 68.3 Å². The Morgan fingerprint density at radius 2 is 1.15 bits per heavy atom. The third-order valence-corrected chi connectivity index (χ3v) is 4.50. The second-order valence-corrected chi connectivity index (χ2v) is 6.35. The fourth-order valence-corrected chi connectivity index (χ4v) is 3.28. The first-order chi connectivity index (χ1) is 12.8. The maximum Gasteiger partial charge on any atom is 0.0712 e. The molecule has 124 valence electrons. The van der Waals surface area contributed by atoms with Gasteiger partial charge < -0.3 is 19.9 Å². The van der Waals surface area contributed by atoms with Crippen LogP contribution in [-0.2, 0) is 0 Å². The lowest BCUT2D eigenvalue weighted by atomic mass is 10.2. The monoisotopic (exact) mass is 336 g/mol. The molecular weight excluding hydrogens is 320 g/mol. The topological polar surface area (TPSA) is 63.2 Å². The van der Waals surface area contributed by atoms with E-state index in [9.17, 15) is 0 Å². The highest BCUT2D eigenvalue weighted by Crippen LogP contribution is 2.10. The van der Waals surface area contributed by atoms with Gasteiger partial charge in [-0.2, -0.15) is 0 Å². The van der Waals surface area contributed by atoms with Crippen molar-refractivity contribution < 1.29 is 0 Å². The molecule has 0 fully saturated rings. The van der Waals surface area contributed by atoms with Crippen molar-refractivity contribution in [1.82, 2.24) is 19.9 Å². The first kappa shape index (κ1) is 14.5. The smallest absolute Gasteiger partial charge is 0.0712 e. The fourth-order valence-electron chi connectivity index (χ4n) is 3.28. The van der Waals surface area contributed by atoms with Crippen LogP contribution in [0.15, 0.2) is 48.5 Å². The SMILES string of the molecule is C#CC1=c2ccc([nH]2)=Cc2ccc([nH]2)C=c2ccc([nH]2)=Cc2ccc1[nH]2. The van der Waals surface area contributed by atoms with Gasteiger partial charge in [-0.1, -0.05) is 5.92 Å². The van der Waals surface area contributed by atoms with Gasteiger partial charge in [0.25, 0.3) is 0 Å². The molecule has 26 heavy (non-hydrogen) atoms. The lowest BCUT2D eigenvalue weighted by Crippen LogP contribution is -2.13. The molecule has 0 saturated carbocycles. The summed E-state index contributed by atoms with van der Waals surface area (Å²) < 4.78 is 0. The van der Waals surface area contributed by atoms with E-state index < -0.39 is 0 Å². The van der Waals surface area contributed by atoms with Crippen LogP contribution in [0.2, 0.25) is 0 Å². The number of rotatable bonds is 0. The average molecular weight is 336 g/mol. The van der Waals surface area contributed by atoms with Crippen LogP contribution < -0.4 is 21.4 Å². The van der Waals surface area contributed by atoms with E-state index in [0.717, 1.165) is 49.7 Å². The van der Waals surface area contributed by atoms with Crippen molar-refractivity contribution in [2.45, 2.75) is 0 Å². The molecule has 4 nitrogen and oxygen atoms in total. The van der Waals surface area contributed by atoms with Crippen LogP contribution in [0.3, 0.4) is 0 Å². The highest BCUT2D eigenvalue weighted by molar-refractivity contribution is 5.76. The normalized spacial score (nSPS) is 12.7. The van der Waals surface area contributed by atoms with Crippen molar-refractivity contribution in [3.8, 4) is 12.3 Å². The number of nitrogens with one attached hydrogen (secondary N) is 4. The molecule has 5 rings (SSSR count). The van der Waals surface area contributed by atoms with Crippen molar-refractivity contribution in [3.63, 3.8) is 0 Å². The minimum absolute atomic E-state index is 0.809. The molecule has 4 aromatic rings. The van der Waals surface area contributed by atoms with Gasteiger partial charge in [0.1, 0.15) is 0 Å². The summed E-state index contributed by atoms with van der Waals surface area (Å²) in [6, 6.07) is 16.3. The number of hydrogen-bond donors (Lipinski definition) is 4. The zero-order valence-electron chi connectivity index (χ0n) is 13.9. The van der Waals surface area contributed by atoms with Crippen LogP contribution >= 0.6 is 0 Å². The van der Waals surface area contributed by atoms with E-state index in [1.54, 1.807) is 0 Å². The number of H-pyrrole nitrogens is 4. The molecule has 0 amide bonds. The van der Waals surface area contributed by atoms with E-state index in [4.69, 9.17) is 6.42 Å². The number of fused-ring (bicyclic) bond motifs is 8. The summed E-state index contributed by atoms with van der Waals surface area (Å²) in [7, 11) is 0. The van der Waals surface area contributed by atoms with Crippen molar-refractivity contribution in [2.24, 2.45) is 0 Å². The molecule has 0 aromatic carbocycles. The fraction of sp³-hybridized carbons (Fsp3) is 0. The summed E-state index contributed by atoms with van der Waals surface area (Å²) in [6.07, 6.45) is 12.0. The predicted octanol–water partition coefficient (Wildman–Crippen LogP) is 0.631. The van der Waals surface area contributed by atoms with Crippen molar-refractivity contribution in [3.05, 3.63) is 92.7 Å². The van der Waals surface area contributed by atoms with Crippen molar-refractivity contribution >= 4 is 23.8 Å². The minimum atomic E-state index is 0.809. The molecule has 1 aliphatic heterocycles. The minimum Gasteiger partial charge on any atom is -0.355 e. The number of terminal acetylenes is 1. The lowest BCUT2D eigenvalue weighted by Gasteiger charge is -1.95. The third-order valence-electron chi connectivity index (χ3n) is 4.50. The van der Waals surface area contributed by atoms with Gasteiger partial charge >= 0.3 is 0 Å². The molecule has 4 N–H and O–H groups in total. The van der Waals surface area contributed by atoms with E-state index in [0.29, 0.717) is 0 Å². The average Bonchev–Trinajstić information content (AvgIpc) is 3.39. The van der Waals surface area contributed by atoms with Crippen LogP contribution in [0.5, 0.6) is 0 Å². The first-order valence-corrected chi connectivity index (χ1v) is 8.41. The number of aromatic nitrogens is 4. The molecule has 0 aliphatic carbocycles. The Balaban J connectivity index is 1.84. The van der Waals surface area contributed by atoms with Gasteiger partial charge in [0.05, 0.1) is 16.6 Å². The van der Waals surface area contributed by atoms with Gasteiger partial charge in [0.2, 0.25) is 0 Å². The summed E-state index contributed by atoms with van der Waals surface area (Å²) in [4.78, 5) is 13.6.